The summed E-state index contributed by atoms with van der Waals surface area (Å²) in [5, 5.41) is 4.85. The summed E-state index contributed by atoms with van der Waals surface area (Å²) < 4.78 is 0. The predicted octanol–water partition coefficient (Wildman–Crippen LogP) is 3.29. The highest BCUT2D eigenvalue weighted by atomic mass is 32.1. The Morgan fingerprint density at radius 3 is 2.76 bits per heavy atom. The Hall–Kier alpha value is -0.410. The van der Waals surface area contributed by atoms with Gasteiger partial charge in [0, 0.05) is 11.4 Å². The van der Waals surface area contributed by atoms with Crippen LogP contribution in [0, 0.1) is 31.6 Å². The first kappa shape index (κ1) is 11.7. The maximum atomic E-state index is 4.48. The molecule has 0 amide bonds. The summed E-state index contributed by atoms with van der Waals surface area (Å²) in [5.41, 5.74) is 1.22. The minimum absolute atomic E-state index is 0.961. The first-order valence-corrected chi connectivity index (χ1v) is 7.67. The third-order valence-electron chi connectivity index (χ3n) is 4.58. The van der Waals surface area contributed by atoms with Crippen LogP contribution in [0.15, 0.2) is 0 Å². The molecule has 0 spiro atoms. The molecule has 1 heterocycles. The van der Waals surface area contributed by atoms with Gasteiger partial charge in [-0.1, -0.05) is 6.42 Å². The summed E-state index contributed by atoms with van der Waals surface area (Å²) >= 11 is 1.84. The SMILES string of the molecule is Cc1nc(C)c(CNCC2CC3CCC2C3)s1. The number of aryl methyl sites for hydroxylation is 2. The highest BCUT2D eigenvalue weighted by Gasteiger charge is 2.38. The fraction of sp³-hybridized carbons (Fsp3) is 0.786. The Labute approximate surface area is 108 Å². The molecule has 1 aromatic rings. The Morgan fingerprint density at radius 1 is 1.29 bits per heavy atom. The molecule has 0 saturated heterocycles. The van der Waals surface area contributed by atoms with Gasteiger partial charge in [-0.3, -0.25) is 0 Å². The molecule has 0 aliphatic heterocycles. The molecular formula is C14H22N2S. The zero-order valence-electron chi connectivity index (χ0n) is 10.8. The monoisotopic (exact) mass is 250 g/mol. The van der Waals surface area contributed by atoms with E-state index in [9.17, 15) is 0 Å². The van der Waals surface area contributed by atoms with E-state index in [1.807, 2.05) is 11.3 Å². The number of rotatable bonds is 4. The third kappa shape index (κ3) is 2.41. The Balaban J connectivity index is 1.48. The maximum absolute atomic E-state index is 4.48. The number of hydrogen-bond acceptors (Lipinski definition) is 3. The Kier molecular flexibility index (Phi) is 3.22. The summed E-state index contributed by atoms with van der Waals surface area (Å²) in [4.78, 5) is 5.90. The Morgan fingerprint density at radius 2 is 2.18 bits per heavy atom. The average molecular weight is 250 g/mol. The van der Waals surface area contributed by atoms with Crippen LogP contribution in [0.4, 0.5) is 0 Å². The van der Waals surface area contributed by atoms with Crippen LogP contribution in [0.5, 0.6) is 0 Å². The third-order valence-corrected chi connectivity index (χ3v) is 5.65. The molecule has 2 saturated carbocycles. The van der Waals surface area contributed by atoms with Gasteiger partial charge in [-0.15, -0.1) is 11.3 Å². The quantitative estimate of drug-likeness (QED) is 0.887. The lowest BCUT2D eigenvalue weighted by molar-refractivity contribution is 0.319. The molecule has 1 aromatic heterocycles. The minimum Gasteiger partial charge on any atom is -0.311 e. The summed E-state index contributed by atoms with van der Waals surface area (Å²) in [6, 6.07) is 0. The second-order valence-corrected chi connectivity index (χ2v) is 7.10. The molecule has 3 atom stereocenters. The first-order valence-electron chi connectivity index (χ1n) is 6.86. The molecule has 2 aliphatic rings. The van der Waals surface area contributed by atoms with Crippen molar-refractivity contribution in [3.8, 4) is 0 Å². The number of nitrogens with zero attached hydrogens (tertiary/aromatic N) is 1. The highest BCUT2D eigenvalue weighted by molar-refractivity contribution is 7.11. The van der Waals surface area contributed by atoms with Gasteiger partial charge in [-0.25, -0.2) is 4.98 Å². The summed E-state index contributed by atoms with van der Waals surface area (Å²) in [6.45, 7) is 6.46. The van der Waals surface area contributed by atoms with Gasteiger partial charge < -0.3 is 5.32 Å². The van der Waals surface area contributed by atoms with Crippen LogP contribution in [-0.4, -0.2) is 11.5 Å². The van der Waals surface area contributed by atoms with Crippen molar-refractivity contribution >= 4 is 11.3 Å². The number of aromatic nitrogens is 1. The van der Waals surface area contributed by atoms with E-state index in [1.54, 1.807) is 0 Å². The topological polar surface area (TPSA) is 24.9 Å². The average Bonchev–Trinajstić information content (AvgIpc) is 2.95. The zero-order chi connectivity index (χ0) is 11.8. The van der Waals surface area contributed by atoms with Gasteiger partial charge in [0.1, 0.15) is 0 Å². The molecule has 0 aromatic carbocycles. The minimum atomic E-state index is 0.961. The second-order valence-electron chi connectivity index (χ2n) is 5.81. The standard InChI is InChI=1S/C14H22N2S/c1-9-14(17-10(2)16-9)8-15-7-13-6-11-3-4-12(13)5-11/h11-13,15H,3-8H2,1-2H3. The lowest BCUT2D eigenvalue weighted by Gasteiger charge is -2.21. The summed E-state index contributed by atoms with van der Waals surface area (Å²) in [5.74, 6) is 3.07. The molecule has 3 unspecified atom stereocenters. The van der Waals surface area contributed by atoms with Crippen molar-refractivity contribution in [3.05, 3.63) is 15.6 Å². The molecule has 2 nitrogen and oxygen atoms in total. The largest absolute Gasteiger partial charge is 0.311 e. The Bertz CT molecular complexity index is 399. The predicted molar refractivity (Wildman–Crippen MR) is 72.2 cm³/mol. The van der Waals surface area contributed by atoms with Crippen LogP contribution < -0.4 is 5.32 Å². The number of hydrogen-bond donors (Lipinski definition) is 1. The van der Waals surface area contributed by atoms with Crippen molar-refractivity contribution in [1.82, 2.24) is 10.3 Å². The van der Waals surface area contributed by atoms with Gasteiger partial charge >= 0.3 is 0 Å². The van der Waals surface area contributed by atoms with Crippen molar-refractivity contribution in [3.63, 3.8) is 0 Å². The van der Waals surface area contributed by atoms with E-state index in [4.69, 9.17) is 0 Å². The van der Waals surface area contributed by atoms with E-state index >= 15 is 0 Å². The number of thiazole rings is 1. The molecule has 94 valence electrons. The van der Waals surface area contributed by atoms with Crippen molar-refractivity contribution < 1.29 is 0 Å². The second kappa shape index (κ2) is 4.69. The van der Waals surface area contributed by atoms with E-state index in [0.29, 0.717) is 0 Å². The van der Waals surface area contributed by atoms with Crippen LogP contribution in [0.1, 0.15) is 41.3 Å². The fourth-order valence-electron chi connectivity index (χ4n) is 3.74. The lowest BCUT2D eigenvalue weighted by Crippen LogP contribution is -2.26. The smallest absolute Gasteiger partial charge is 0.0900 e. The van der Waals surface area contributed by atoms with Gasteiger partial charge in [0.25, 0.3) is 0 Å². The normalized spacial score (nSPS) is 31.3. The fourth-order valence-corrected chi connectivity index (χ4v) is 4.64. The molecular weight excluding hydrogens is 228 g/mol. The van der Waals surface area contributed by atoms with Gasteiger partial charge in [-0.05, 0) is 57.4 Å². The van der Waals surface area contributed by atoms with Gasteiger partial charge in [0.2, 0.25) is 0 Å². The number of fused-ring (bicyclic) bond motifs is 2. The lowest BCUT2D eigenvalue weighted by atomic mass is 9.89. The van der Waals surface area contributed by atoms with Gasteiger partial charge in [0.15, 0.2) is 0 Å². The van der Waals surface area contributed by atoms with Crippen molar-refractivity contribution in [2.75, 3.05) is 6.54 Å². The van der Waals surface area contributed by atoms with E-state index in [-0.39, 0.29) is 0 Å². The first-order chi connectivity index (χ1) is 8.22. The molecule has 2 aliphatic carbocycles. The van der Waals surface area contributed by atoms with Crippen LogP contribution in [0.3, 0.4) is 0 Å². The zero-order valence-corrected chi connectivity index (χ0v) is 11.6. The molecule has 3 heteroatoms. The van der Waals surface area contributed by atoms with E-state index in [2.05, 4.69) is 24.1 Å². The molecule has 2 bridgehead atoms. The molecule has 3 rings (SSSR count). The number of nitrogens with one attached hydrogen (secondary N) is 1. The van der Waals surface area contributed by atoms with E-state index in [0.717, 1.165) is 24.3 Å². The van der Waals surface area contributed by atoms with Crippen LogP contribution in [0.2, 0.25) is 0 Å². The molecule has 17 heavy (non-hydrogen) atoms. The molecule has 0 radical (unpaired) electrons. The summed E-state index contributed by atoms with van der Waals surface area (Å²) in [6.07, 6.45) is 6.01. The maximum Gasteiger partial charge on any atom is 0.0900 e. The van der Waals surface area contributed by atoms with Crippen molar-refractivity contribution in [2.45, 2.75) is 46.1 Å². The van der Waals surface area contributed by atoms with Crippen molar-refractivity contribution in [1.29, 1.82) is 0 Å². The van der Waals surface area contributed by atoms with Gasteiger partial charge in [0.05, 0.1) is 10.7 Å². The van der Waals surface area contributed by atoms with Crippen LogP contribution >= 0.6 is 11.3 Å². The van der Waals surface area contributed by atoms with Crippen molar-refractivity contribution in [2.24, 2.45) is 17.8 Å². The highest BCUT2D eigenvalue weighted by Crippen LogP contribution is 2.47. The van der Waals surface area contributed by atoms with Crippen LogP contribution in [0.25, 0.3) is 0 Å². The van der Waals surface area contributed by atoms with Crippen LogP contribution in [-0.2, 0) is 6.54 Å². The van der Waals surface area contributed by atoms with E-state index < -0.39 is 0 Å². The van der Waals surface area contributed by atoms with Gasteiger partial charge in [-0.2, -0.15) is 0 Å². The van der Waals surface area contributed by atoms with E-state index in [1.165, 1.54) is 47.8 Å². The summed E-state index contributed by atoms with van der Waals surface area (Å²) in [7, 11) is 0. The molecule has 1 N–H and O–H groups in total. The molecule has 2 fully saturated rings.